The normalized spacial score (nSPS) is 19.2. The number of benzene rings is 1. The zero-order valence-electron chi connectivity index (χ0n) is 23.6. The highest BCUT2D eigenvalue weighted by atomic mass is 32.2. The number of nitrogens with zero attached hydrogens (tertiary/aromatic N) is 3. The molecule has 3 aliphatic rings. The van der Waals surface area contributed by atoms with Gasteiger partial charge in [0.25, 0.3) is 5.91 Å². The minimum atomic E-state index is -1.10. The van der Waals surface area contributed by atoms with Crippen molar-refractivity contribution in [2.75, 3.05) is 47.6 Å². The molecule has 3 fully saturated rings. The minimum Gasteiger partial charge on any atom is -0.371 e. The third kappa shape index (κ3) is 7.40. The molecule has 2 aliphatic heterocycles. The van der Waals surface area contributed by atoms with Gasteiger partial charge in [-0.2, -0.15) is 0 Å². The maximum Gasteiger partial charge on any atom is 0.257 e. The van der Waals surface area contributed by atoms with Crippen LogP contribution in [0.15, 0.2) is 41.4 Å². The summed E-state index contributed by atoms with van der Waals surface area (Å²) in [6, 6.07) is 9.84. The number of anilines is 3. The van der Waals surface area contributed by atoms with Crippen LogP contribution in [-0.4, -0.2) is 49.0 Å². The van der Waals surface area contributed by atoms with Crippen molar-refractivity contribution in [3.8, 4) is 0 Å². The molecule has 3 heterocycles. The Kier molecular flexibility index (Phi) is 10.3. The lowest BCUT2D eigenvalue weighted by Gasteiger charge is -2.35. The summed E-state index contributed by atoms with van der Waals surface area (Å²) in [6.07, 6.45) is 9.94. The quantitative estimate of drug-likeness (QED) is 0.401. The van der Waals surface area contributed by atoms with Crippen molar-refractivity contribution in [1.29, 1.82) is 0 Å². The van der Waals surface area contributed by atoms with Crippen molar-refractivity contribution in [3.63, 3.8) is 0 Å². The molecule has 204 valence electrons. The minimum absolute atomic E-state index is 0.100. The van der Waals surface area contributed by atoms with E-state index >= 15 is 0 Å². The van der Waals surface area contributed by atoms with Gasteiger partial charge in [0, 0.05) is 49.0 Å². The maximum atomic E-state index is 14.2. The molecule has 0 radical (unpaired) electrons. The van der Waals surface area contributed by atoms with Crippen LogP contribution in [0.3, 0.4) is 0 Å². The van der Waals surface area contributed by atoms with Crippen LogP contribution in [0, 0.1) is 5.41 Å². The van der Waals surface area contributed by atoms with Crippen LogP contribution in [-0.2, 0) is 0 Å². The molecule has 1 aromatic heterocycles. The maximum absolute atomic E-state index is 14.2. The predicted molar refractivity (Wildman–Crippen MR) is 157 cm³/mol. The number of amides is 1. The van der Waals surface area contributed by atoms with Crippen molar-refractivity contribution in [3.05, 3.63) is 42.1 Å². The highest BCUT2D eigenvalue weighted by Crippen LogP contribution is 2.54. The summed E-state index contributed by atoms with van der Waals surface area (Å²) >= 11 is 1.70. The summed E-state index contributed by atoms with van der Waals surface area (Å²) in [5, 5.41) is 3.09. The Balaban J connectivity index is 0.000000907. The van der Waals surface area contributed by atoms with E-state index in [1.54, 1.807) is 24.9 Å². The molecule has 1 N–H and O–H groups in total. The monoisotopic (exact) mass is 528 g/mol. The van der Waals surface area contributed by atoms with Crippen LogP contribution in [0.1, 0.15) is 83.5 Å². The predicted octanol–water partition coefficient (Wildman–Crippen LogP) is 7.82. The number of aromatic nitrogens is 1. The molecule has 7 heteroatoms. The van der Waals surface area contributed by atoms with E-state index in [4.69, 9.17) is 0 Å². The molecule has 2 saturated heterocycles. The molecule has 1 aliphatic carbocycles. The first kappa shape index (κ1) is 29.3. The van der Waals surface area contributed by atoms with Gasteiger partial charge in [0.2, 0.25) is 0 Å². The molecule has 0 unspecified atom stereocenters. The number of hydrogen-bond donors (Lipinski definition) is 1. The zero-order valence-corrected chi connectivity index (χ0v) is 24.4. The molecule has 1 saturated carbocycles. The average Bonchev–Trinajstić information content (AvgIpc) is 3.69. The molecule has 1 amide bonds. The van der Waals surface area contributed by atoms with E-state index in [1.165, 1.54) is 30.6 Å². The number of carbonyl (C=O) groups excluding carboxylic acids is 1. The zero-order chi connectivity index (χ0) is 27.1. The number of carbonyl (C=O) groups is 1. The van der Waals surface area contributed by atoms with Gasteiger partial charge >= 0.3 is 0 Å². The molecule has 2 aromatic rings. The molecule has 5 rings (SSSR count). The van der Waals surface area contributed by atoms with Gasteiger partial charge in [0.05, 0.1) is 11.3 Å². The highest BCUT2D eigenvalue weighted by molar-refractivity contribution is 7.98. The van der Waals surface area contributed by atoms with Crippen LogP contribution in [0.2, 0.25) is 0 Å². The second-order valence-electron chi connectivity index (χ2n) is 10.1. The third-order valence-electron chi connectivity index (χ3n) is 7.70. The fourth-order valence-electron chi connectivity index (χ4n) is 5.06. The molecule has 1 spiro atoms. The summed E-state index contributed by atoms with van der Waals surface area (Å²) in [5.74, 6) is 0.684. The van der Waals surface area contributed by atoms with Gasteiger partial charge in [-0.1, -0.05) is 27.7 Å². The lowest BCUT2D eigenvalue weighted by molar-refractivity contribution is 0.102. The van der Waals surface area contributed by atoms with Crippen LogP contribution in [0.4, 0.5) is 21.6 Å². The first-order valence-corrected chi connectivity index (χ1v) is 15.2. The largest absolute Gasteiger partial charge is 0.371 e. The van der Waals surface area contributed by atoms with E-state index in [1.807, 2.05) is 52.0 Å². The number of pyridine rings is 1. The Labute approximate surface area is 227 Å². The van der Waals surface area contributed by atoms with Crippen molar-refractivity contribution < 1.29 is 9.18 Å². The van der Waals surface area contributed by atoms with E-state index < -0.39 is 5.67 Å². The van der Waals surface area contributed by atoms with E-state index in [0.29, 0.717) is 42.6 Å². The molecule has 1 aromatic carbocycles. The third-order valence-corrected chi connectivity index (χ3v) is 8.43. The second kappa shape index (κ2) is 13.0. The fraction of sp³-hybridized carbons (Fsp3) is 0.600. The smallest absolute Gasteiger partial charge is 0.257 e. The van der Waals surface area contributed by atoms with Crippen molar-refractivity contribution >= 4 is 34.9 Å². The summed E-state index contributed by atoms with van der Waals surface area (Å²) in [6.45, 7) is 13.0. The Morgan fingerprint density at radius 3 is 2.14 bits per heavy atom. The van der Waals surface area contributed by atoms with Crippen LogP contribution in [0.25, 0.3) is 0 Å². The van der Waals surface area contributed by atoms with Crippen LogP contribution < -0.4 is 15.1 Å². The van der Waals surface area contributed by atoms with Crippen molar-refractivity contribution in [1.82, 2.24) is 4.98 Å². The number of nitrogens with one attached hydrogen (secondary N) is 1. The highest BCUT2D eigenvalue weighted by Gasteiger charge is 2.44. The molecular formula is C30H45FN4OS. The van der Waals surface area contributed by atoms with Gasteiger partial charge in [-0.3, -0.25) is 4.79 Å². The summed E-state index contributed by atoms with van der Waals surface area (Å²) in [7, 11) is 0. The van der Waals surface area contributed by atoms with Crippen LogP contribution in [0.5, 0.6) is 0 Å². The number of hydrogen-bond acceptors (Lipinski definition) is 5. The molecule has 0 atom stereocenters. The topological polar surface area (TPSA) is 48.5 Å². The SMILES string of the molecule is CC.CC.CSc1ccc(C(=O)Nc2ccnc(N3CCC(C)(F)CC3)c2)c(N2CCC3(CC2)CC3)c1. The van der Waals surface area contributed by atoms with Gasteiger partial charge in [0.15, 0.2) is 0 Å². The molecule has 37 heavy (non-hydrogen) atoms. The van der Waals surface area contributed by atoms with Crippen molar-refractivity contribution in [2.45, 2.75) is 83.7 Å². The van der Waals surface area contributed by atoms with E-state index in [2.05, 4.69) is 32.4 Å². The van der Waals surface area contributed by atoms with Gasteiger partial charge in [-0.15, -0.1) is 11.8 Å². The molecular weight excluding hydrogens is 483 g/mol. The number of halogens is 1. The first-order chi connectivity index (χ1) is 17.9. The fourth-order valence-corrected chi connectivity index (χ4v) is 5.49. The van der Waals surface area contributed by atoms with E-state index in [0.717, 1.165) is 24.6 Å². The Bertz CT molecular complexity index is 1020. The van der Waals surface area contributed by atoms with Crippen molar-refractivity contribution in [2.24, 2.45) is 5.41 Å². The Morgan fingerprint density at radius 1 is 0.919 bits per heavy atom. The van der Waals surface area contributed by atoms with Gasteiger partial charge in [0.1, 0.15) is 11.5 Å². The summed E-state index contributed by atoms with van der Waals surface area (Å²) < 4.78 is 14.2. The number of piperidine rings is 2. The number of rotatable bonds is 5. The van der Waals surface area contributed by atoms with Gasteiger partial charge in [-0.25, -0.2) is 9.37 Å². The van der Waals surface area contributed by atoms with E-state index in [9.17, 15) is 9.18 Å². The summed E-state index contributed by atoms with van der Waals surface area (Å²) in [4.78, 5) is 23.5. The second-order valence-corrected chi connectivity index (χ2v) is 11.0. The van der Waals surface area contributed by atoms with E-state index in [-0.39, 0.29) is 5.91 Å². The Morgan fingerprint density at radius 2 is 1.54 bits per heavy atom. The molecule has 0 bridgehead atoms. The lowest BCUT2D eigenvalue weighted by atomic mass is 9.93. The van der Waals surface area contributed by atoms with Gasteiger partial charge < -0.3 is 15.1 Å². The lowest BCUT2D eigenvalue weighted by Crippen LogP contribution is -2.40. The molecule has 5 nitrogen and oxygen atoms in total. The number of thioether (sulfide) groups is 1. The first-order valence-electron chi connectivity index (χ1n) is 14.0. The van der Waals surface area contributed by atoms with Crippen LogP contribution >= 0.6 is 11.8 Å². The summed E-state index contributed by atoms with van der Waals surface area (Å²) in [5.41, 5.74) is 1.95. The standard InChI is InChI=1S/C26H33FN4OS.2C2H6/c1-25(27)8-13-31(14-9-25)23-17-19(5-12-28-23)29-24(32)21-4-3-20(33-2)18-22(21)30-15-10-26(6-7-26)11-16-30;2*1-2/h3-5,12,17-18H,6-11,13-16H2,1-2H3,(H,28,29,32);2*1-2H3. The van der Waals surface area contributed by atoms with Gasteiger partial charge in [-0.05, 0) is 81.4 Å². The number of alkyl halides is 1. The Hall–Kier alpha value is -2.28. The average molecular weight is 529 g/mol.